The lowest BCUT2D eigenvalue weighted by Crippen LogP contribution is -2.10. The third-order valence-corrected chi connectivity index (χ3v) is 2.91. The normalized spacial score (nSPS) is 10.5. The van der Waals surface area contributed by atoms with Gasteiger partial charge in [-0.15, -0.1) is 0 Å². The molecule has 0 aliphatic heterocycles. The zero-order chi connectivity index (χ0) is 14.0. The average Bonchev–Trinajstić information content (AvgIpc) is 2.69. The topological polar surface area (TPSA) is 57.2 Å². The minimum absolute atomic E-state index is 0.0352. The molecular formula is C14H15FN2O2. The Morgan fingerprint density at radius 3 is 2.79 bits per heavy atom. The SMILES string of the molecule is Cc1ccc(F)cc1COC(=O)c1cc(N)cn1C. The molecule has 2 aromatic rings. The maximum absolute atomic E-state index is 13.1. The first-order valence-corrected chi connectivity index (χ1v) is 5.81. The molecule has 0 amide bonds. The summed E-state index contributed by atoms with van der Waals surface area (Å²) in [4.78, 5) is 11.9. The maximum atomic E-state index is 13.1. The van der Waals surface area contributed by atoms with Crippen molar-refractivity contribution in [1.82, 2.24) is 4.57 Å². The number of halogens is 1. The molecule has 0 bridgehead atoms. The van der Waals surface area contributed by atoms with Crippen LogP contribution in [0.5, 0.6) is 0 Å². The number of esters is 1. The predicted molar refractivity (Wildman–Crippen MR) is 70.1 cm³/mol. The number of anilines is 1. The molecule has 0 fully saturated rings. The van der Waals surface area contributed by atoms with Crippen LogP contribution in [-0.2, 0) is 18.4 Å². The fourth-order valence-corrected chi connectivity index (χ4v) is 1.81. The Bertz CT molecular complexity index is 620. The van der Waals surface area contributed by atoms with Crippen molar-refractivity contribution >= 4 is 11.7 Å². The molecule has 0 aliphatic carbocycles. The van der Waals surface area contributed by atoms with E-state index < -0.39 is 5.97 Å². The van der Waals surface area contributed by atoms with Crippen LogP contribution in [0.2, 0.25) is 0 Å². The van der Waals surface area contributed by atoms with Gasteiger partial charge in [0.1, 0.15) is 18.1 Å². The number of carbonyl (C=O) groups is 1. The van der Waals surface area contributed by atoms with Crippen LogP contribution in [-0.4, -0.2) is 10.5 Å². The first kappa shape index (κ1) is 13.1. The fraction of sp³-hybridized carbons (Fsp3) is 0.214. The molecule has 1 aromatic heterocycles. The predicted octanol–water partition coefficient (Wildman–Crippen LogP) is 2.41. The van der Waals surface area contributed by atoms with E-state index in [1.165, 1.54) is 12.1 Å². The molecule has 0 saturated heterocycles. The van der Waals surface area contributed by atoms with Gasteiger partial charge in [0, 0.05) is 13.2 Å². The number of carbonyl (C=O) groups excluding carboxylic acids is 1. The van der Waals surface area contributed by atoms with Crippen LogP contribution in [0.4, 0.5) is 10.1 Å². The van der Waals surface area contributed by atoms with E-state index in [-0.39, 0.29) is 12.4 Å². The van der Waals surface area contributed by atoms with E-state index in [4.69, 9.17) is 10.5 Å². The molecule has 2 rings (SSSR count). The molecule has 0 atom stereocenters. The van der Waals surface area contributed by atoms with E-state index in [2.05, 4.69) is 0 Å². The Balaban J connectivity index is 2.08. The number of benzene rings is 1. The summed E-state index contributed by atoms with van der Waals surface area (Å²) in [5, 5.41) is 0. The quantitative estimate of drug-likeness (QED) is 0.864. The molecule has 4 nitrogen and oxygen atoms in total. The second-order valence-electron chi connectivity index (χ2n) is 4.42. The minimum atomic E-state index is -0.483. The number of aryl methyl sites for hydroxylation is 2. The summed E-state index contributed by atoms with van der Waals surface area (Å²) in [5.74, 6) is -0.831. The number of hydrogen-bond donors (Lipinski definition) is 1. The monoisotopic (exact) mass is 262 g/mol. The maximum Gasteiger partial charge on any atom is 0.355 e. The van der Waals surface area contributed by atoms with Crippen molar-refractivity contribution in [3.63, 3.8) is 0 Å². The summed E-state index contributed by atoms with van der Waals surface area (Å²) < 4.78 is 19.9. The van der Waals surface area contributed by atoms with Gasteiger partial charge in [-0.25, -0.2) is 9.18 Å². The van der Waals surface area contributed by atoms with Crippen molar-refractivity contribution in [2.75, 3.05) is 5.73 Å². The highest BCUT2D eigenvalue weighted by molar-refractivity contribution is 5.89. The molecule has 1 aromatic carbocycles. The lowest BCUT2D eigenvalue weighted by Gasteiger charge is -2.08. The van der Waals surface area contributed by atoms with Gasteiger partial charge in [-0.2, -0.15) is 0 Å². The first-order chi connectivity index (χ1) is 8.97. The molecular weight excluding hydrogens is 247 g/mol. The van der Waals surface area contributed by atoms with Crippen LogP contribution in [0.3, 0.4) is 0 Å². The zero-order valence-electron chi connectivity index (χ0n) is 10.8. The van der Waals surface area contributed by atoms with Gasteiger partial charge in [-0.05, 0) is 36.2 Å². The fourth-order valence-electron chi connectivity index (χ4n) is 1.81. The van der Waals surface area contributed by atoms with Gasteiger partial charge in [0.25, 0.3) is 0 Å². The summed E-state index contributed by atoms with van der Waals surface area (Å²) in [5.41, 5.74) is 7.98. The average molecular weight is 262 g/mol. The van der Waals surface area contributed by atoms with Gasteiger partial charge < -0.3 is 15.0 Å². The lowest BCUT2D eigenvalue weighted by atomic mass is 10.1. The number of rotatable bonds is 3. The first-order valence-electron chi connectivity index (χ1n) is 5.81. The van der Waals surface area contributed by atoms with Gasteiger partial charge in [-0.1, -0.05) is 6.07 Å². The van der Waals surface area contributed by atoms with Crippen LogP contribution in [0, 0.1) is 12.7 Å². The number of aromatic nitrogens is 1. The Hall–Kier alpha value is -2.30. The third kappa shape index (κ3) is 2.93. The van der Waals surface area contributed by atoms with Crippen LogP contribution in [0.1, 0.15) is 21.6 Å². The number of hydrogen-bond acceptors (Lipinski definition) is 3. The second kappa shape index (κ2) is 5.14. The van der Waals surface area contributed by atoms with Crippen LogP contribution in [0.15, 0.2) is 30.5 Å². The highest BCUT2D eigenvalue weighted by atomic mass is 19.1. The van der Waals surface area contributed by atoms with Gasteiger partial charge in [-0.3, -0.25) is 0 Å². The number of ether oxygens (including phenoxy) is 1. The zero-order valence-corrected chi connectivity index (χ0v) is 10.8. The number of nitrogens with two attached hydrogens (primary N) is 1. The smallest absolute Gasteiger partial charge is 0.355 e. The Morgan fingerprint density at radius 2 is 2.16 bits per heavy atom. The molecule has 5 heteroatoms. The Kier molecular flexibility index (Phi) is 3.55. The molecule has 100 valence electrons. The molecule has 0 aliphatic rings. The van der Waals surface area contributed by atoms with Crippen molar-refractivity contribution in [1.29, 1.82) is 0 Å². The van der Waals surface area contributed by atoms with Gasteiger partial charge >= 0.3 is 5.97 Å². The van der Waals surface area contributed by atoms with Gasteiger partial charge in [0.2, 0.25) is 0 Å². The highest BCUT2D eigenvalue weighted by Crippen LogP contribution is 2.14. The minimum Gasteiger partial charge on any atom is -0.456 e. The van der Waals surface area contributed by atoms with Crippen molar-refractivity contribution in [2.45, 2.75) is 13.5 Å². The van der Waals surface area contributed by atoms with Crippen molar-refractivity contribution in [3.05, 3.63) is 53.1 Å². The third-order valence-electron chi connectivity index (χ3n) is 2.91. The molecule has 0 saturated carbocycles. The van der Waals surface area contributed by atoms with Crippen LogP contribution in [0.25, 0.3) is 0 Å². The number of nitrogen functional groups attached to an aromatic ring is 1. The standard InChI is InChI=1S/C14H15FN2O2/c1-9-3-4-11(15)5-10(9)8-19-14(18)13-6-12(16)7-17(13)2/h3-7H,8,16H2,1-2H3. The van der Waals surface area contributed by atoms with Crippen molar-refractivity contribution in [3.8, 4) is 0 Å². The van der Waals surface area contributed by atoms with Gasteiger partial charge in [0.05, 0.1) is 5.69 Å². The van der Waals surface area contributed by atoms with Crippen LogP contribution < -0.4 is 5.73 Å². The largest absolute Gasteiger partial charge is 0.456 e. The van der Waals surface area contributed by atoms with Crippen LogP contribution >= 0.6 is 0 Å². The van der Waals surface area contributed by atoms with E-state index in [0.717, 1.165) is 5.56 Å². The highest BCUT2D eigenvalue weighted by Gasteiger charge is 2.13. The summed E-state index contributed by atoms with van der Waals surface area (Å²) in [6.45, 7) is 1.87. The summed E-state index contributed by atoms with van der Waals surface area (Å²) >= 11 is 0. The lowest BCUT2D eigenvalue weighted by molar-refractivity contribution is 0.0460. The molecule has 0 spiro atoms. The Labute approximate surface area is 110 Å². The van der Waals surface area contributed by atoms with Crippen molar-refractivity contribution < 1.29 is 13.9 Å². The van der Waals surface area contributed by atoms with E-state index in [1.807, 2.05) is 6.92 Å². The molecule has 1 heterocycles. The summed E-state index contributed by atoms with van der Waals surface area (Å²) in [6.07, 6.45) is 1.63. The van der Waals surface area contributed by atoms with E-state index in [0.29, 0.717) is 16.9 Å². The summed E-state index contributed by atoms with van der Waals surface area (Å²) in [6, 6.07) is 5.93. The number of nitrogens with zero attached hydrogens (tertiary/aromatic N) is 1. The molecule has 2 N–H and O–H groups in total. The molecule has 0 unspecified atom stereocenters. The van der Waals surface area contributed by atoms with E-state index in [1.54, 1.807) is 29.9 Å². The Morgan fingerprint density at radius 1 is 1.42 bits per heavy atom. The second-order valence-corrected chi connectivity index (χ2v) is 4.42. The van der Waals surface area contributed by atoms with E-state index >= 15 is 0 Å². The van der Waals surface area contributed by atoms with E-state index in [9.17, 15) is 9.18 Å². The molecule has 0 radical (unpaired) electrons. The van der Waals surface area contributed by atoms with Gasteiger partial charge in [0.15, 0.2) is 0 Å². The van der Waals surface area contributed by atoms with Crippen molar-refractivity contribution in [2.24, 2.45) is 7.05 Å². The molecule has 19 heavy (non-hydrogen) atoms. The summed E-state index contributed by atoms with van der Waals surface area (Å²) in [7, 11) is 1.71.